The Labute approximate surface area is 198 Å². The number of aromatic nitrogens is 2. The topological polar surface area (TPSA) is 99.5 Å². The van der Waals surface area contributed by atoms with Crippen LogP contribution < -0.4 is 16.6 Å². The maximum atomic E-state index is 12.8. The van der Waals surface area contributed by atoms with E-state index in [-0.39, 0.29) is 17.9 Å². The Morgan fingerprint density at radius 2 is 1.76 bits per heavy atom. The van der Waals surface area contributed by atoms with E-state index in [0.717, 1.165) is 20.2 Å². The second kappa shape index (κ2) is 9.70. The Hall–Kier alpha value is -3.91. The molecule has 0 unspecified atom stereocenters. The number of nitrogens with one attached hydrogen (secondary N) is 2. The highest BCUT2D eigenvalue weighted by molar-refractivity contribution is 9.10. The van der Waals surface area contributed by atoms with Crippen LogP contribution in [0, 0.1) is 6.92 Å². The van der Waals surface area contributed by atoms with Gasteiger partial charge in [0.15, 0.2) is 0 Å². The number of benzene rings is 3. The number of nitrogens with zero attached hydrogens (tertiary/aromatic N) is 2. The molecule has 33 heavy (non-hydrogen) atoms. The van der Waals surface area contributed by atoms with Crippen LogP contribution in [0.25, 0.3) is 5.69 Å². The lowest BCUT2D eigenvalue weighted by Crippen LogP contribution is -2.35. The van der Waals surface area contributed by atoms with Gasteiger partial charge in [-0.05, 0) is 48.9 Å². The highest BCUT2D eigenvalue weighted by atomic mass is 79.9. The quantitative estimate of drug-likeness (QED) is 0.277. The van der Waals surface area contributed by atoms with Gasteiger partial charge in [0, 0.05) is 10.2 Å². The molecule has 0 bridgehead atoms. The summed E-state index contributed by atoms with van der Waals surface area (Å²) in [6, 6.07) is 23.8. The fourth-order valence-electron chi connectivity index (χ4n) is 3.39. The molecule has 0 aliphatic heterocycles. The summed E-state index contributed by atoms with van der Waals surface area (Å²) in [6.07, 6.45) is 0. The van der Waals surface area contributed by atoms with Crippen LogP contribution in [0.15, 0.2) is 97.9 Å². The molecule has 8 heteroatoms. The first kappa shape index (κ1) is 22.3. The number of aliphatic imine (C=N–C) groups is 1. The third kappa shape index (κ3) is 5.12. The molecule has 3 N–H and O–H groups in total. The van der Waals surface area contributed by atoms with Crippen LogP contribution in [-0.4, -0.2) is 20.5 Å². The second-order valence-corrected chi connectivity index (χ2v) is 8.33. The van der Waals surface area contributed by atoms with Crippen molar-refractivity contribution in [3.8, 4) is 11.6 Å². The number of hydrogen-bond acceptors (Lipinski definition) is 4. The number of aryl methyl sites for hydroxylation is 1. The fraction of sp³-hybridized carbons (Fsp3) is 0.0800. The van der Waals surface area contributed by atoms with Gasteiger partial charge in [-0.3, -0.25) is 14.8 Å². The van der Waals surface area contributed by atoms with Gasteiger partial charge in [0.2, 0.25) is 5.88 Å². The Balaban J connectivity index is 1.86. The minimum Gasteiger partial charge on any atom is -0.493 e. The predicted octanol–water partition coefficient (Wildman–Crippen LogP) is 4.36. The van der Waals surface area contributed by atoms with Crippen molar-refractivity contribution in [3.63, 3.8) is 0 Å². The normalized spacial score (nSPS) is 11.4. The van der Waals surface area contributed by atoms with Gasteiger partial charge in [-0.2, -0.15) is 0 Å². The van der Waals surface area contributed by atoms with Crippen molar-refractivity contribution >= 4 is 27.5 Å². The highest BCUT2D eigenvalue weighted by Gasteiger charge is 2.21. The van der Waals surface area contributed by atoms with Gasteiger partial charge >= 0.3 is 5.69 Å². The zero-order valence-corrected chi connectivity index (χ0v) is 19.3. The summed E-state index contributed by atoms with van der Waals surface area (Å²) in [5.74, 6) is -0.357. The van der Waals surface area contributed by atoms with E-state index in [1.807, 2.05) is 61.5 Å². The summed E-state index contributed by atoms with van der Waals surface area (Å²) in [5, 5.41) is 14.2. The Morgan fingerprint density at radius 3 is 2.45 bits per heavy atom. The molecule has 4 rings (SSSR count). The highest BCUT2D eigenvalue weighted by Crippen LogP contribution is 2.20. The van der Waals surface area contributed by atoms with Crippen LogP contribution in [0.2, 0.25) is 0 Å². The summed E-state index contributed by atoms with van der Waals surface area (Å²) in [7, 11) is 0. The molecular formula is C25H21BrN4O3. The Morgan fingerprint density at radius 1 is 1.03 bits per heavy atom. The standard InChI is InChI=1S/C25H21BrN4O3/c1-16-6-5-7-17(14-16)15-27-22(28-19-8-3-2-4-9-19)21-23(31)29-25(33)30(24(21)32)20-12-10-18(26)11-13-20/h2-14,32H,15H2,1H3,(H,27,28)(H,29,31,33). The number of hydrogen-bond donors (Lipinski definition) is 3. The molecule has 0 spiro atoms. The molecule has 3 aromatic carbocycles. The predicted molar refractivity (Wildman–Crippen MR) is 134 cm³/mol. The fourth-order valence-corrected chi connectivity index (χ4v) is 3.65. The van der Waals surface area contributed by atoms with E-state index < -0.39 is 17.1 Å². The summed E-state index contributed by atoms with van der Waals surface area (Å²) in [6.45, 7) is 2.26. The first-order valence-electron chi connectivity index (χ1n) is 10.2. The Bertz CT molecular complexity index is 1420. The molecule has 0 saturated heterocycles. The van der Waals surface area contributed by atoms with Crippen molar-refractivity contribution in [2.24, 2.45) is 4.99 Å². The lowest BCUT2D eigenvalue weighted by atomic mass is 10.1. The summed E-state index contributed by atoms with van der Waals surface area (Å²) in [5.41, 5.74) is 1.49. The molecule has 0 atom stereocenters. The SMILES string of the molecule is Cc1cccc(CN=C(Nc2ccccc2)c2c(O)n(-c3ccc(Br)cc3)c(=O)[nH]c2=O)c1. The van der Waals surface area contributed by atoms with Crippen LogP contribution in [0.3, 0.4) is 0 Å². The first-order valence-corrected chi connectivity index (χ1v) is 11.0. The molecule has 7 nitrogen and oxygen atoms in total. The third-order valence-electron chi connectivity index (χ3n) is 4.95. The average molecular weight is 505 g/mol. The maximum absolute atomic E-state index is 12.8. The lowest BCUT2D eigenvalue weighted by Gasteiger charge is -2.15. The van der Waals surface area contributed by atoms with E-state index in [9.17, 15) is 14.7 Å². The minimum absolute atomic E-state index is 0.131. The average Bonchev–Trinajstić information content (AvgIpc) is 2.79. The van der Waals surface area contributed by atoms with E-state index in [1.54, 1.807) is 24.3 Å². The molecular weight excluding hydrogens is 484 g/mol. The van der Waals surface area contributed by atoms with E-state index in [1.165, 1.54) is 0 Å². The molecule has 4 aromatic rings. The van der Waals surface area contributed by atoms with Gasteiger partial charge in [-0.1, -0.05) is 64.0 Å². The maximum Gasteiger partial charge on any atom is 0.335 e. The first-order chi connectivity index (χ1) is 15.9. The van der Waals surface area contributed by atoms with Gasteiger partial charge in [0.05, 0.1) is 12.2 Å². The molecule has 0 saturated carbocycles. The summed E-state index contributed by atoms with van der Waals surface area (Å²) in [4.78, 5) is 32.3. The third-order valence-corrected chi connectivity index (χ3v) is 5.48. The van der Waals surface area contributed by atoms with Gasteiger partial charge in [0.25, 0.3) is 5.56 Å². The number of aromatic amines is 1. The molecule has 1 heterocycles. The molecule has 0 amide bonds. The van der Waals surface area contributed by atoms with Crippen LogP contribution >= 0.6 is 15.9 Å². The van der Waals surface area contributed by atoms with Gasteiger partial charge in [-0.25, -0.2) is 9.36 Å². The van der Waals surface area contributed by atoms with Crippen molar-refractivity contribution in [3.05, 3.63) is 121 Å². The van der Waals surface area contributed by atoms with E-state index in [0.29, 0.717) is 11.4 Å². The smallest absolute Gasteiger partial charge is 0.335 e. The number of H-pyrrole nitrogens is 1. The molecule has 0 fully saturated rings. The zero-order valence-electron chi connectivity index (χ0n) is 17.7. The van der Waals surface area contributed by atoms with Crippen molar-refractivity contribution in [1.29, 1.82) is 0 Å². The van der Waals surface area contributed by atoms with E-state index >= 15 is 0 Å². The Kier molecular flexibility index (Phi) is 6.55. The molecule has 0 radical (unpaired) electrons. The van der Waals surface area contributed by atoms with Crippen molar-refractivity contribution in [2.75, 3.05) is 5.32 Å². The lowest BCUT2D eigenvalue weighted by molar-refractivity contribution is 0.429. The number of amidine groups is 1. The van der Waals surface area contributed by atoms with Gasteiger partial charge < -0.3 is 10.4 Å². The number of rotatable bonds is 5. The molecule has 0 aliphatic carbocycles. The summed E-state index contributed by atoms with van der Waals surface area (Å²) >= 11 is 3.35. The van der Waals surface area contributed by atoms with Crippen molar-refractivity contribution in [2.45, 2.75) is 13.5 Å². The van der Waals surface area contributed by atoms with E-state index in [4.69, 9.17) is 0 Å². The second-order valence-electron chi connectivity index (χ2n) is 7.41. The van der Waals surface area contributed by atoms with Gasteiger partial charge in [0.1, 0.15) is 11.4 Å². The molecule has 0 aliphatic rings. The monoisotopic (exact) mass is 504 g/mol. The zero-order chi connectivity index (χ0) is 23.4. The molecule has 166 valence electrons. The van der Waals surface area contributed by atoms with E-state index in [2.05, 4.69) is 31.2 Å². The minimum atomic E-state index is -0.749. The number of anilines is 1. The molecule has 1 aromatic heterocycles. The van der Waals surface area contributed by atoms with Crippen LogP contribution in [-0.2, 0) is 6.54 Å². The van der Waals surface area contributed by atoms with Crippen molar-refractivity contribution < 1.29 is 5.11 Å². The van der Waals surface area contributed by atoms with Crippen LogP contribution in [0.4, 0.5) is 5.69 Å². The van der Waals surface area contributed by atoms with Crippen molar-refractivity contribution in [1.82, 2.24) is 9.55 Å². The summed E-state index contributed by atoms with van der Waals surface area (Å²) < 4.78 is 1.85. The van der Waals surface area contributed by atoms with Crippen LogP contribution in [0.1, 0.15) is 16.7 Å². The number of halogens is 1. The number of aromatic hydroxyl groups is 1. The van der Waals surface area contributed by atoms with Gasteiger partial charge in [-0.15, -0.1) is 0 Å². The van der Waals surface area contributed by atoms with Crippen LogP contribution in [0.5, 0.6) is 5.88 Å². The largest absolute Gasteiger partial charge is 0.493 e. The number of para-hydroxylation sites is 1.